The van der Waals surface area contributed by atoms with Gasteiger partial charge in [0.2, 0.25) is 4.70 Å². The van der Waals surface area contributed by atoms with Crippen LogP contribution in [0.1, 0.15) is 64.7 Å². The van der Waals surface area contributed by atoms with Gasteiger partial charge in [-0.2, -0.15) is 0 Å². The summed E-state index contributed by atoms with van der Waals surface area (Å²) in [5.74, 6) is 0. The summed E-state index contributed by atoms with van der Waals surface area (Å²) in [4.78, 5) is 0. The summed E-state index contributed by atoms with van der Waals surface area (Å²) >= 11 is 2.79. The van der Waals surface area contributed by atoms with Crippen molar-refractivity contribution in [2.24, 2.45) is 0 Å². The lowest BCUT2D eigenvalue weighted by Crippen LogP contribution is -2.17. The first-order valence-electron chi connectivity index (χ1n) is 5.70. The van der Waals surface area contributed by atoms with E-state index in [2.05, 4.69) is 22.9 Å². The fourth-order valence-electron chi connectivity index (χ4n) is 1.48. The minimum atomic E-state index is -1.64. The highest BCUT2D eigenvalue weighted by Crippen LogP contribution is 2.19. The van der Waals surface area contributed by atoms with Crippen molar-refractivity contribution in [1.29, 1.82) is 0 Å². The molecule has 14 heavy (non-hydrogen) atoms. The molecule has 0 aromatic rings. The van der Waals surface area contributed by atoms with Crippen LogP contribution in [0.5, 0.6) is 0 Å². The molecule has 0 aromatic carbocycles. The third kappa shape index (κ3) is 12.4. The van der Waals surface area contributed by atoms with Crippen LogP contribution >= 0.6 is 15.9 Å². The molecule has 0 atom stereocenters. The summed E-state index contributed by atoms with van der Waals surface area (Å²) in [5.41, 5.74) is 0. The van der Waals surface area contributed by atoms with Crippen molar-refractivity contribution in [3.63, 3.8) is 0 Å². The van der Waals surface area contributed by atoms with Crippen molar-refractivity contribution in [2.45, 2.75) is 69.4 Å². The largest absolute Gasteiger partial charge is 0.357 e. The number of aliphatic hydroxyl groups is 2. The first-order valence-corrected chi connectivity index (χ1v) is 6.49. The van der Waals surface area contributed by atoms with E-state index < -0.39 is 4.70 Å². The molecule has 0 aromatic heterocycles. The van der Waals surface area contributed by atoms with Crippen LogP contribution in [0, 0.1) is 0 Å². The molecule has 0 bridgehead atoms. The average Bonchev–Trinajstić information content (AvgIpc) is 2.08. The molecule has 0 unspecified atom stereocenters. The highest BCUT2D eigenvalue weighted by molar-refractivity contribution is 9.09. The van der Waals surface area contributed by atoms with Crippen LogP contribution in [-0.2, 0) is 0 Å². The van der Waals surface area contributed by atoms with Crippen LogP contribution in [0.15, 0.2) is 0 Å². The van der Waals surface area contributed by atoms with Crippen LogP contribution in [0.2, 0.25) is 0 Å². The molecule has 0 aliphatic carbocycles. The molecule has 0 radical (unpaired) electrons. The standard InChI is InChI=1S/C11H23BrO2/c1-2-3-4-5-6-7-8-9-10-11(12,13)14/h13-14H,2-10H2,1H3. The highest BCUT2D eigenvalue weighted by atomic mass is 79.9. The van der Waals surface area contributed by atoms with Crippen LogP contribution in [0.25, 0.3) is 0 Å². The number of alkyl halides is 1. The maximum Gasteiger partial charge on any atom is 0.221 e. The van der Waals surface area contributed by atoms with Crippen molar-refractivity contribution in [2.75, 3.05) is 0 Å². The fraction of sp³-hybridized carbons (Fsp3) is 1.00. The molecule has 2 nitrogen and oxygen atoms in total. The third-order valence-corrected chi connectivity index (χ3v) is 2.74. The van der Waals surface area contributed by atoms with E-state index in [1.807, 2.05) is 0 Å². The molecular formula is C11H23BrO2. The van der Waals surface area contributed by atoms with Gasteiger partial charge in [-0.05, 0) is 22.4 Å². The minimum absolute atomic E-state index is 0.419. The zero-order valence-corrected chi connectivity index (χ0v) is 10.7. The summed E-state index contributed by atoms with van der Waals surface area (Å²) in [6.07, 6.45) is 10.2. The SMILES string of the molecule is CCCCCCCCCCC(O)(O)Br. The van der Waals surface area contributed by atoms with E-state index in [0.717, 1.165) is 12.8 Å². The highest BCUT2D eigenvalue weighted by Gasteiger charge is 2.15. The Labute approximate surface area is 95.8 Å². The van der Waals surface area contributed by atoms with Gasteiger partial charge in [-0.1, -0.05) is 51.9 Å². The minimum Gasteiger partial charge on any atom is -0.357 e. The molecule has 3 heteroatoms. The first kappa shape index (κ1) is 14.4. The van der Waals surface area contributed by atoms with Gasteiger partial charge >= 0.3 is 0 Å². The van der Waals surface area contributed by atoms with Gasteiger partial charge in [0, 0.05) is 6.42 Å². The summed E-state index contributed by atoms with van der Waals surface area (Å²) in [6, 6.07) is 0. The van der Waals surface area contributed by atoms with Crippen molar-refractivity contribution < 1.29 is 10.2 Å². The van der Waals surface area contributed by atoms with Crippen molar-refractivity contribution in [1.82, 2.24) is 0 Å². The number of rotatable bonds is 9. The number of unbranched alkanes of at least 4 members (excludes halogenated alkanes) is 7. The second-order valence-electron chi connectivity index (χ2n) is 3.94. The quantitative estimate of drug-likeness (QED) is 0.381. The van der Waals surface area contributed by atoms with Crippen LogP contribution in [0.4, 0.5) is 0 Å². The fourth-order valence-corrected chi connectivity index (χ4v) is 1.76. The molecule has 2 N–H and O–H groups in total. The third-order valence-electron chi connectivity index (χ3n) is 2.35. The van der Waals surface area contributed by atoms with E-state index in [1.54, 1.807) is 0 Å². The Kier molecular flexibility index (Phi) is 8.94. The predicted octanol–water partition coefficient (Wildman–Crippen LogP) is 3.55. The van der Waals surface area contributed by atoms with Crippen molar-refractivity contribution in [3.05, 3.63) is 0 Å². The van der Waals surface area contributed by atoms with Crippen molar-refractivity contribution in [3.8, 4) is 0 Å². The lowest BCUT2D eigenvalue weighted by molar-refractivity contribution is -0.0753. The molecule has 0 amide bonds. The molecule has 0 rings (SSSR count). The summed E-state index contributed by atoms with van der Waals surface area (Å²) in [6.45, 7) is 2.22. The van der Waals surface area contributed by atoms with E-state index in [0.29, 0.717) is 6.42 Å². The summed E-state index contributed by atoms with van der Waals surface area (Å²) in [7, 11) is 0. The predicted molar refractivity (Wildman–Crippen MR) is 63.3 cm³/mol. The van der Waals surface area contributed by atoms with E-state index in [-0.39, 0.29) is 0 Å². The topological polar surface area (TPSA) is 40.5 Å². The monoisotopic (exact) mass is 266 g/mol. The Morgan fingerprint density at radius 3 is 1.71 bits per heavy atom. The van der Waals surface area contributed by atoms with Gasteiger partial charge in [0.1, 0.15) is 0 Å². The lowest BCUT2D eigenvalue weighted by Gasteiger charge is -2.12. The Morgan fingerprint density at radius 2 is 1.29 bits per heavy atom. The maximum absolute atomic E-state index is 8.96. The van der Waals surface area contributed by atoms with Gasteiger partial charge in [-0.25, -0.2) is 0 Å². The Hall–Kier alpha value is 0.400. The molecular weight excluding hydrogens is 244 g/mol. The maximum atomic E-state index is 8.96. The van der Waals surface area contributed by atoms with Gasteiger partial charge < -0.3 is 10.2 Å². The van der Waals surface area contributed by atoms with E-state index in [4.69, 9.17) is 10.2 Å². The molecule has 0 aliphatic rings. The summed E-state index contributed by atoms with van der Waals surface area (Å²) < 4.78 is -1.64. The van der Waals surface area contributed by atoms with Gasteiger partial charge in [-0.3, -0.25) is 0 Å². The molecule has 0 heterocycles. The molecule has 0 aliphatic heterocycles. The number of hydrogen-bond acceptors (Lipinski definition) is 2. The zero-order valence-electron chi connectivity index (χ0n) is 9.14. The van der Waals surface area contributed by atoms with Crippen LogP contribution in [-0.4, -0.2) is 14.9 Å². The molecule has 0 spiro atoms. The lowest BCUT2D eigenvalue weighted by atomic mass is 10.1. The molecule has 0 fully saturated rings. The van der Waals surface area contributed by atoms with Crippen LogP contribution < -0.4 is 0 Å². The molecule has 86 valence electrons. The number of halogens is 1. The summed E-state index contributed by atoms with van der Waals surface area (Å²) in [5, 5.41) is 17.9. The van der Waals surface area contributed by atoms with Gasteiger partial charge in [0.05, 0.1) is 0 Å². The first-order chi connectivity index (χ1) is 6.56. The van der Waals surface area contributed by atoms with E-state index in [1.165, 1.54) is 38.5 Å². The average molecular weight is 267 g/mol. The van der Waals surface area contributed by atoms with Gasteiger partial charge in [-0.15, -0.1) is 0 Å². The second-order valence-corrected chi connectivity index (χ2v) is 5.21. The normalized spacial score (nSPS) is 12.0. The smallest absolute Gasteiger partial charge is 0.221 e. The Bertz CT molecular complexity index is 121. The van der Waals surface area contributed by atoms with Gasteiger partial charge in [0.25, 0.3) is 0 Å². The molecule has 0 saturated heterocycles. The van der Waals surface area contributed by atoms with Crippen molar-refractivity contribution >= 4 is 15.9 Å². The van der Waals surface area contributed by atoms with E-state index in [9.17, 15) is 0 Å². The Morgan fingerprint density at radius 1 is 0.857 bits per heavy atom. The Balaban J connectivity index is 2.99. The van der Waals surface area contributed by atoms with E-state index >= 15 is 0 Å². The second kappa shape index (κ2) is 8.69. The zero-order chi connectivity index (χ0) is 10.9. The van der Waals surface area contributed by atoms with Crippen LogP contribution in [0.3, 0.4) is 0 Å². The van der Waals surface area contributed by atoms with Gasteiger partial charge in [0.15, 0.2) is 0 Å². The molecule has 0 saturated carbocycles. The number of hydrogen-bond donors (Lipinski definition) is 2.